The van der Waals surface area contributed by atoms with Crippen molar-refractivity contribution in [1.29, 1.82) is 0 Å². The van der Waals surface area contributed by atoms with Gasteiger partial charge in [-0.1, -0.05) is 309 Å². The lowest BCUT2D eigenvalue weighted by Crippen LogP contribution is -2.56. The zero-order valence-corrected chi connectivity index (χ0v) is 83.6. The quantitative estimate of drug-likeness (QED) is 0.105. The Bertz CT molecular complexity index is 5990. The van der Waals surface area contributed by atoms with Gasteiger partial charge in [0.1, 0.15) is 36.4 Å². The summed E-state index contributed by atoms with van der Waals surface area (Å²) in [6.07, 6.45) is 61.5. The van der Waals surface area contributed by atoms with E-state index in [2.05, 4.69) is 389 Å². The van der Waals surface area contributed by atoms with Gasteiger partial charge in [0.2, 0.25) is 0 Å². The van der Waals surface area contributed by atoms with Gasteiger partial charge in [-0.2, -0.15) is 0 Å². The smallest absolute Gasteiger partial charge is 0.112 e. The Labute approximate surface area is 816 Å². The molecular formula is C125H154N10. The molecule has 0 radical (unpaired) electrons. The number of fused-ring (bicyclic) bond motifs is 5. The molecule has 0 spiro atoms. The van der Waals surface area contributed by atoms with Crippen LogP contribution >= 0.6 is 0 Å². The number of hydrogen-bond acceptors (Lipinski definition) is 10. The maximum absolute atomic E-state index is 9.57. The maximum Gasteiger partial charge on any atom is 0.112 e. The number of nitrogens with zero attached hydrogens (tertiary/aromatic N) is 10. The van der Waals surface area contributed by atoms with Gasteiger partial charge in [-0.15, -0.1) is 0 Å². The van der Waals surface area contributed by atoms with Crippen LogP contribution in [-0.4, -0.2) is 72.9 Å². The Kier molecular flexibility index (Phi) is 25.7. The largest absolute Gasteiger partial charge is 0.345 e. The molecule has 704 valence electrons. The van der Waals surface area contributed by atoms with E-state index in [4.69, 9.17) is 2.74 Å². The first-order chi connectivity index (χ1) is 66.9. The Morgan fingerprint density at radius 2 is 0.593 bits per heavy atom. The van der Waals surface area contributed by atoms with E-state index in [1.807, 2.05) is 17.0 Å². The summed E-state index contributed by atoms with van der Waals surface area (Å²) in [6, 6.07) is 75.7. The Morgan fingerprint density at radius 1 is 0.281 bits per heavy atom. The SMILES string of the molecule is CC1=C2C=CC(C)(C)N2C(C2CCCC2)N1c1ccccc1C.CC1=C2C=CC(C)(C3CCCCC3)N2C(C2CCCC2)N1c1ccccc1C.CC1=C2C=CC(c3ccccc3)(c3ccccc3)N2C(C2CCCCC2)N1c1ccccc1C.[2H]C1([2H])C=CC2=C(C)N(c3ccccc3C)C(C3CCCCC3)N21.[2H]C1(c2ccccc2)C=CC2=C(C)N(c3ccccc3C)C(C3CCCCC3)N21. The number of aryl methyl sites for hydroxylation is 5. The molecule has 6 fully saturated rings. The molecule has 0 aromatic heterocycles. The van der Waals surface area contributed by atoms with Crippen molar-refractivity contribution >= 4 is 28.4 Å². The normalized spacial score (nSPS) is 27.1. The fraction of sp³-hybridized carbons (Fsp3) is 0.456. The lowest BCUT2D eigenvalue weighted by Gasteiger charge is -2.49. The summed E-state index contributed by atoms with van der Waals surface area (Å²) in [7, 11) is 0. The fourth-order valence-electron chi connectivity index (χ4n) is 27.8. The van der Waals surface area contributed by atoms with E-state index >= 15 is 0 Å². The lowest BCUT2D eigenvalue weighted by atomic mass is 9.75. The number of hydrogen-bond donors (Lipinski definition) is 0. The molecule has 0 bridgehead atoms. The third-order valence-electron chi connectivity index (χ3n) is 34.6. The molecule has 10 aliphatic heterocycles. The molecule has 0 amide bonds. The zero-order valence-electron chi connectivity index (χ0n) is 86.6. The molecule has 0 N–H and O–H groups in total. The zero-order chi connectivity index (χ0) is 95.5. The Balaban J connectivity index is 0.000000107. The first-order valence-corrected chi connectivity index (χ1v) is 52.8. The average Bonchev–Trinajstić information content (AvgIpc) is 1.51. The number of anilines is 5. The highest BCUT2D eigenvalue weighted by atomic mass is 15.5. The van der Waals surface area contributed by atoms with E-state index in [0.29, 0.717) is 36.3 Å². The van der Waals surface area contributed by atoms with Gasteiger partial charge in [-0.3, -0.25) is 0 Å². The second-order valence-corrected chi connectivity index (χ2v) is 43.1. The summed E-state index contributed by atoms with van der Waals surface area (Å²) in [5.41, 5.74) is 30.3. The highest BCUT2D eigenvalue weighted by Gasteiger charge is 2.58. The predicted octanol–water partition coefficient (Wildman–Crippen LogP) is 31.1. The van der Waals surface area contributed by atoms with E-state index < -0.39 is 12.5 Å². The third-order valence-corrected chi connectivity index (χ3v) is 34.6. The van der Waals surface area contributed by atoms with Gasteiger partial charge in [0.25, 0.3) is 0 Å². The van der Waals surface area contributed by atoms with Crippen molar-refractivity contribution in [2.75, 3.05) is 31.0 Å². The minimum Gasteiger partial charge on any atom is -0.345 e. The van der Waals surface area contributed by atoms with E-state index in [1.54, 1.807) is 6.08 Å². The lowest BCUT2D eigenvalue weighted by molar-refractivity contribution is 0.0638. The average molecular weight is 1800 g/mol. The minimum atomic E-state index is -1.39. The highest BCUT2D eigenvalue weighted by molar-refractivity contribution is 5.70. The third kappa shape index (κ3) is 16.9. The number of benzene rings is 8. The van der Waals surface area contributed by atoms with E-state index in [1.165, 1.54) is 298 Å². The summed E-state index contributed by atoms with van der Waals surface area (Å²) in [4.78, 5) is 25.7. The first-order valence-electron chi connectivity index (χ1n) is 54.3. The number of allylic oxidation sites excluding steroid dienone is 10. The van der Waals surface area contributed by atoms with Crippen LogP contribution in [0.3, 0.4) is 0 Å². The van der Waals surface area contributed by atoms with Gasteiger partial charge in [0.15, 0.2) is 0 Å². The summed E-state index contributed by atoms with van der Waals surface area (Å²) in [5, 5.41) is 0. The molecule has 0 saturated heterocycles. The van der Waals surface area contributed by atoms with Gasteiger partial charge in [-0.05, 0) is 314 Å². The van der Waals surface area contributed by atoms with Gasteiger partial charge in [0.05, 0.1) is 49.7 Å². The maximum atomic E-state index is 9.57. The van der Waals surface area contributed by atoms with E-state index in [9.17, 15) is 1.37 Å². The molecule has 10 heterocycles. The molecule has 10 heteroatoms. The topological polar surface area (TPSA) is 32.4 Å². The van der Waals surface area contributed by atoms with Gasteiger partial charge >= 0.3 is 0 Å². The van der Waals surface area contributed by atoms with Crippen LogP contribution in [-0.2, 0) is 5.54 Å². The van der Waals surface area contributed by atoms with Crippen molar-refractivity contribution in [3.05, 3.63) is 375 Å². The van der Waals surface area contributed by atoms with Crippen LogP contribution in [0, 0.1) is 70.1 Å². The second kappa shape index (κ2) is 39.3. The Morgan fingerprint density at radius 3 is 1.02 bits per heavy atom. The number of rotatable bonds is 14. The predicted molar refractivity (Wildman–Crippen MR) is 566 cm³/mol. The molecule has 135 heavy (non-hydrogen) atoms. The summed E-state index contributed by atoms with van der Waals surface area (Å²) in [6.45, 7) is 28.4. The minimum absolute atomic E-state index is 0.0893. The summed E-state index contributed by atoms with van der Waals surface area (Å²) >= 11 is 0. The number of para-hydroxylation sites is 5. The van der Waals surface area contributed by atoms with Crippen molar-refractivity contribution in [3.8, 4) is 0 Å². The Hall–Kier alpha value is -10.8. The van der Waals surface area contributed by atoms with Crippen LogP contribution in [0.15, 0.2) is 330 Å². The van der Waals surface area contributed by atoms with E-state index in [0.717, 1.165) is 29.0 Å². The molecule has 7 unspecified atom stereocenters. The second-order valence-electron chi connectivity index (χ2n) is 43.1. The molecule has 6 aliphatic carbocycles. The van der Waals surface area contributed by atoms with Crippen molar-refractivity contribution in [1.82, 2.24) is 24.5 Å². The highest BCUT2D eigenvalue weighted by Crippen LogP contribution is 2.59. The van der Waals surface area contributed by atoms with Crippen LogP contribution in [0.1, 0.15) is 290 Å². The van der Waals surface area contributed by atoms with Crippen molar-refractivity contribution < 1.29 is 4.11 Å². The van der Waals surface area contributed by atoms with Crippen LogP contribution in [0.2, 0.25) is 0 Å². The molecule has 7 atom stereocenters. The van der Waals surface area contributed by atoms with E-state index in [-0.39, 0.29) is 28.9 Å². The first kappa shape index (κ1) is 88.2. The summed E-state index contributed by atoms with van der Waals surface area (Å²) < 4.78 is 26.6. The molecular weight excluding hydrogens is 1640 g/mol. The van der Waals surface area contributed by atoms with Crippen LogP contribution in [0.25, 0.3) is 0 Å². The van der Waals surface area contributed by atoms with Crippen molar-refractivity contribution in [2.24, 2.45) is 35.5 Å². The molecule has 24 rings (SSSR count). The van der Waals surface area contributed by atoms with Crippen LogP contribution < -0.4 is 24.5 Å². The molecule has 16 aliphatic rings. The van der Waals surface area contributed by atoms with Gasteiger partial charge in [0, 0.05) is 63.4 Å². The molecule has 8 aromatic carbocycles. The van der Waals surface area contributed by atoms with Crippen molar-refractivity contribution in [2.45, 2.75) is 323 Å². The van der Waals surface area contributed by atoms with Crippen LogP contribution in [0.4, 0.5) is 28.4 Å². The monoisotopic (exact) mass is 1800 g/mol. The molecule has 8 aromatic rings. The molecule has 10 nitrogen and oxygen atoms in total. The summed E-state index contributed by atoms with van der Waals surface area (Å²) in [5.74, 6) is 4.05. The van der Waals surface area contributed by atoms with Gasteiger partial charge < -0.3 is 49.0 Å². The van der Waals surface area contributed by atoms with Crippen molar-refractivity contribution in [3.63, 3.8) is 0 Å². The molecule has 6 saturated carbocycles. The van der Waals surface area contributed by atoms with Gasteiger partial charge in [-0.25, -0.2) is 0 Å². The van der Waals surface area contributed by atoms with Crippen LogP contribution in [0.5, 0.6) is 0 Å². The standard InChI is InChI=1S/C32H34N2.C26H36N2.C26H30N2.C21H28N2.C20H26N2/c1-24-14-12-13-21-29(24)33-25(2)30-22-23-32(27-17-8-4-9-18-27,28-19-10-5-11-20-28)34(30)31(33)26-15-6-3-7-16-26;1-19-11-7-10-16-23(19)27-20(2)24-17-18-26(3,22-14-5-4-6-15-22)28(24)25(27)21-12-8-9-13-21;1-19-11-9-10-16-23(19)27-20(2)24-17-18-25(21-12-5-3-6-13-21)28(24)26(27)22-14-7-4-8-15-22;1-15-9-5-8-12-18(15)22-16(2)19-13-14-21(3,4)23(19)20(22)17-10-6-7-11-17;1-15-9-6-7-12-18(15)22-16(2)19-13-8-14-21(19)20(22)17-10-4-3-5-11-17/h4-5,8-14,17-23,26,31H,3,6-7,15-16H2,1-2H3;7,10-11,16-18,21-22,25H,4-6,8-9,12-15H2,1-3H3;3,5-6,9-13,16-18,22,25-26H,4,7-8,14-15H2,1-2H3;5,8-9,12-14,17,20H,6-7,10-11H2,1-4H3;6-9,12-13,17,20H,3-5,10-11,14H2,1-2H3/i;;25D;;14D2. The fourth-order valence-corrected chi connectivity index (χ4v) is 27.8.